The van der Waals surface area contributed by atoms with Crippen LogP contribution in [0, 0.1) is 10.1 Å². The number of nitro benzene ring substituents is 1. The monoisotopic (exact) mass is 393 g/mol. The minimum Gasteiger partial charge on any atom is -0.466 e. The fraction of sp³-hybridized carbons (Fsp3) is 0.353. The SMILES string of the molecule is CCOC(=O)c1ccc(NC2=C(C(=O)OC)CN(CCO)C2=O)c([N+](=O)[O-])c1. The van der Waals surface area contributed by atoms with E-state index >= 15 is 0 Å². The fourth-order valence-corrected chi connectivity index (χ4v) is 2.61. The molecule has 1 aromatic carbocycles. The molecule has 11 heteroatoms. The van der Waals surface area contributed by atoms with Crippen molar-refractivity contribution in [3.8, 4) is 0 Å². The molecule has 0 fully saturated rings. The topological polar surface area (TPSA) is 148 Å². The van der Waals surface area contributed by atoms with Gasteiger partial charge in [0.2, 0.25) is 0 Å². The van der Waals surface area contributed by atoms with Gasteiger partial charge in [0, 0.05) is 12.6 Å². The van der Waals surface area contributed by atoms with Gasteiger partial charge < -0.3 is 24.8 Å². The van der Waals surface area contributed by atoms with Crippen molar-refractivity contribution in [1.82, 2.24) is 4.90 Å². The van der Waals surface area contributed by atoms with Gasteiger partial charge in [0.15, 0.2) is 0 Å². The number of carbonyl (C=O) groups excluding carboxylic acids is 3. The first-order valence-corrected chi connectivity index (χ1v) is 8.28. The predicted octanol–water partition coefficient (Wildman–Crippen LogP) is 0.445. The van der Waals surface area contributed by atoms with Crippen molar-refractivity contribution in [2.24, 2.45) is 0 Å². The Kier molecular flexibility index (Phi) is 6.66. The molecular weight excluding hydrogens is 374 g/mol. The summed E-state index contributed by atoms with van der Waals surface area (Å²) in [4.78, 5) is 48.2. The zero-order valence-electron chi connectivity index (χ0n) is 15.3. The largest absolute Gasteiger partial charge is 0.466 e. The summed E-state index contributed by atoms with van der Waals surface area (Å²) >= 11 is 0. The molecule has 1 aromatic rings. The Hall–Kier alpha value is -3.47. The molecule has 0 radical (unpaired) electrons. The summed E-state index contributed by atoms with van der Waals surface area (Å²) in [5.41, 5.74) is -0.803. The Morgan fingerprint density at radius 1 is 1.36 bits per heavy atom. The van der Waals surface area contributed by atoms with Crippen molar-refractivity contribution in [2.75, 3.05) is 38.7 Å². The van der Waals surface area contributed by atoms with Crippen molar-refractivity contribution in [3.63, 3.8) is 0 Å². The molecule has 0 aromatic heterocycles. The normalized spacial score (nSPS) is 13.5. The lowest BCUT2D eigenvalue weighted by atomic mass is 10.1. The van der Waals surface area contributed by atoms with Crippen LogP contribution in [0.3, 0.4) is 0 Å². The second kappa shape index (κ2) is 8.95. The van der Waals surface area contributed by atoms with Gasteiger partial charge in [0.05, 0.1) is 42.9 Å². The van der Waals surface area contributed by atoms with Crippen molar-refractivity contribution in [3.05, 3.63) is 45.1 Å². The van der Waals surface area contributed by atoms with Gasteiger partial charge in [-0.1, -0.05) is 0 Å². The molecule has 0 spiro atoms. The van der Waals surface area contributed by atoms with Crippen LogP contribution in [-0.2, 0) is 19.1 Å². The van der Waals surface area contributed by atoms with Gasteiger partial charge in [0.25, 0.3) is 11.6 Å². The van der Waals surface area contributed by atoms with Gasteiger partial charge >= 0.3 is 11.9 Å². The van der Waals surface area contributed by atoms with Crippen LogP contribution in [0.4, 0.5) is 11.4 Å². The van der Waals surface area contributed by atoms with E-state index in [1.807, 2.05) is 0 Å². The standard InChI is InChI=1S/C17H19N3O8/c1-3-28-16(23)10-4-5-12(13(8-10)20(25)26)18-14-11(17(24)27-2)9-19(6-7-21)15(14)22/h4-5,8,18,21H,3,6-7,9H2,1-2H3. The molecule has 1 aliphatic heterocycles. The van der Waals surface area contributed by atoms with E-state index in [1.165, 1.54) is 17.0 Å². The van der Waals surface area contributed by atoms with Crippen molar-refractivity contribution >= 4 is 29.2 Å². The Balaban J connectivity index is 2.43. The highest BCUT2D eigenvalue weighted by atomic mass is 16.6. The lowest BCUT2D eigenvalue weighted by Crippen LogP contribution is -2.31. The number of nitrogens with one attached hydrogen (secondary N) is 1. The van der Waals surface area contributed by atoms with E-state index in [4.69, 9.17) is 9.84 Å². The number of esters is 2. The summed E-state index contributed by atoms with van der Waals surface area (Å²) in [5.74, 6) is -2.11. The van der Waals surface area contributed by atoms with Gasteiger partial charge in [-0.05, 0) is 19.1 Å². The molecule has 0 unspecified atom stereocenters. The highest BCUT2D eigenvalue weighted by molar-refractivity contribution is 6.09. The minimum atomic E-state index is -0.776. The first-order chi connectivity index (χ1) is 13.3. The highest BCUT2D eigenvalue weighted by Crippen LogP contribution is 2.30. The highest BCUT2D eigenvalue weighted by Gasteiger charge is 2.35. The number of aliphatic hydroxyl groups is 1. The van der Waals surface area contributed by atoms with E-state index in [2.05, 4.69) is 10.1 Å². The summed E-state index contributed by atoms with van der Waals surface area (Å²) in [7, 11) is 1.14. The Bertz CT molecular complexity index is 849. The zero-order valence-corrected chi connectivity index (χ0v) is 15.3. The number of hydrogen-bond acceptors (Lipinski definition) is 9. The average Bonchev–Trinajstić information content (AvgIpc) is 2.97. The van der Waals surface area contributed by atoms with Crippen LogP contribution >= 0.6 is 0 Å². The Labute approximate surface area is 159 Å². The van der Waals surface area contributed by atoms with Crippen LogP contribution in [0.2, 0.25) is 0 Å². The fourth-order valence-electron chi connectivity index (χ4n) is 2.61. The van der Waals surface area contributed by atoms with Crippen molar-refractivity contribution in [2.45, 2.75) is 6.92 Å². The first-order valence-electron chi connectivity index (χ1n) is 8.28. The van der Waals surface area contributed by atoms with Crippen LogP contribution in [0.1, 0.15) is 17.3 Å². The third kappa shape index (κ3) is 4.26. The number of ether oxygens (including phenoxy) is 2. The molecule has 0 bridgehead atoms. The first kappa shape index (κ1) is 20.8. The second-order valence-corrected chi connectivity index (χ2v) is 5.63. The van der Waals surface area contributed by atoms with E-state index in [1.54, 1.807) is 6.92 Å². The quantitative estimate of drug-likeness (QED) is 0.364. The van der Waals surface area contributed by atoms with Crippen LogP contribution in [0.5, 0.6) is 0 Å². The summed E-state index contributed by atoms with van der Waals surface area (Å²) in [6, 6.07) is 3.56. The number of nitrogens with zero attached hydrogens (tertiary/aromatic N) is 2. The number of anilines is 1. The van der Waals surface area contributed by atoms with Gasteiger partial charge in [0.1, 0.15) is 11.4 Å². The molecule has 1 heterocycles. The zero-order chi connectivity index (χ0) is 20.8. The molecule has 1 aliphatic rings. The average molecular weight is 393 g/mol. The number of methoxy groups -OCH3 is 1. The van der Waals surface area contributed by atoms with Crippen LogP contribution < -0.4 is 5.32 Å². The van der Waals surface area contributed by atoms with E-state index < -0.39 is 28.5 Å². The van der Waals surface area contributed by atoms with Crippen LogP contribution in [-0.4, -0.2) is 66.2 Å². The molecule has 28 heavy (non-hydrogen) atoms. The molecule has 2 rings (SSSR count). The lowest BCUT2D eigenvalue weighted by molar-refractivity contribution is -0.384. The maximum atomic E-state index is 12.5. The predicted molar refractivity (Wildman–Crippen MR) is 95.4 cm³/mol. The third-order valence-corrected chi connectivity index (χ3v) is 3.92. The Morgan fingerprint density at radius 3 is 2.64 bits per heavy atom. The van der Waals surface area contributed by atoms with Gasteiger partial charge in [-0.2, -0.15) is 0 Å². The number of benzene rings is 1. The second-order valence-electron chi connectivity index (χ2n) is 5.63. The number of nitro groups is 1. The Morgan fingerprint density at radius 2 is 2.07 bits per heavy atom. The molecule has 2 N–H and O–H groups in total. The number of rotatable bonds is 8. The number of carbonyl (C=O) groups is 3. The van der Waals surface area contributed by atoms with Crippen molar-refractivity contribution in [1.29, 1.82) is 0 Å². The number of hydrogen-bond donors (Lipinski definition) is 2. The van der Waals surface area contributed by atoms with E-state index in [9.17, 15) is 24.5 Å². The summed E-state index contributed by atoms with van der Waals surface area (Å²) in [5, 5.41) is 23.1. The summed E-state index contributed by atoms with van der Waals surface area (Å²) in [6.45, 7) is 1.27. The molecule has 0 aliphatic carbocycles. The molecule has 0 saturated heterocycles. The summed E-state index contributed by atoms with van der Waals surface area (Å²) in [6.07, 6.45) is 0. The molecule has 0 saturated carbocycles. The third-order valence-electron chi connectivity index (χ3n) is 3.92. The van der Waals surface area contributed by atoms with Gasteiger partial charge in [-0.25, -0.2) is 9.59 Å². The van der Waals surface area contributed by atoms with Gasteiger partial charge in [-0.3, -0.25) is 14.9 Å². The number of aliphatic hydroxyl groups excluding tert-OH is 1. The van der Waals surface area contributed by atoms with Crippen LogP contribution in [0.15, 0.2) is 29.5 Å². The number of amides is 1. The van der Waals surface area contributed by atoms with Gasteiger partial charge in [-0.15, -0.1) is 0 Å². The maximum absolute atomic E-state index is 12.5. The number of β-amino-alcohol motifs (C(OH)–C–C–N with tert-alkyl or cyclic N) is 1. The van der Waals surface area contributed by atoms with E-state index in [-0.39, 0.29) is 48.8 Å². The van der Waals surface area contributed by atoms with E-state index in [0.29, 0.717) is 0 Å². The summed E-state index contributed by atoms with van der Waals surface area (Å²) < 4.78 is 9.48. The van der Waals surface area contributed by atoms with Crippen molar-refractivity contribution < 1.29 is 33.9 Å². The lowest BCUT2D eigenvalue weighted by Gasteiger charge is -2.15. The minimum absolute atomic E-state index is 0.0194. The van der Waals surface area contributed by atoms with E-state index in [0.717, 1.165) is 13.2 Å². The molecule has 1 amide bonds. The molecule has 150 valence electrons. The molecule has 0 atom stereocenters. The molecule has 11 nitrogen and oxygen atoms in total. The molecular formula is C17H19N3O8. The smallest absolute Gasteiger partial charge is 0.338 e. The maximum Gasteiger partial charge on any atom is 0.338 e. The van der Waals surface area contributed by atoms with Crippen LogP contribution in [0.25, 0.3) is 0 Å².